The largest absolute Gasteiger partial charge is 0.383 e. The number of thioether (sulfide) groups is 1. The summed E-state index contributed by atoms with van der Waals surface area (Å²) >= 11 is 1.28. The molecule has 0 fully saturated rings. The number of hydrogen-bond acceptors (Lipinski definition) is 6. The maximum absolute atomic E-state index is 12.3. The molecule has 0 bridgehead atoms. The van der Waals surface area contributed by atoms with Crippen LogP contribution in [0.5, 0.6) is 0 Å². The summed E-state index contributed by atoms with van der Waals surface area (Å²) < 4.78 is 0. The molecule has 0 unspecified atom stereocenters. The van der Waals surface area contributed by atoms with Gasteiger partial charge in [0.15, 0.2) is 0 Å². The number of pyridine rings is 1. The maximum Gasteiger partial charge on any atom is 0.225 e. The molecule has 0 saturated heterocycles. The molecule has 0 spiro atoms. The molecule has 0 aliphatic heterocycles. The highest BCUT2D eigenvalue weighted by Gasteiger charge is 2.20. The zero-order valence-electron chi connectivity index (χ0n) is 17.3. The average molecular weight is 428 g/mol. The number of benzene rings is 2. The predicted octanol–water partition coefficient (Wildman–Crippen LogP) is 4.81. The van der Waals surface area contributed by atoms with Crippen LogP contribution in [0.3, 0.4) is 0 Å². The van der Waals surface area contributed by atoms with E-state index >= 15 is 0 Å². The lowest BCUT2D eigenvalue weighted by molar-refractivity contribution is -0.115. The number of carbonyl (C=O) groups excluding carboxylic acids is 1. The quantitative estimate of drug-likeness (QED) is 0.545. The van der Waals surface area contributed by atoms with Crippen molar-refractivity contribution < 1.29 is 4.79 Å². The van der Waals surface area contributed by atoms with Crippen molar-refractivity contribution in [2.24, 2.45) is 0 Å². The minimum absolute atomic E-state index is 0.0731. The summed E-state index contributed by atoms with van der Waals surface area (Å²) in [5, 5.41) is 22.7. The molecule has 0 radical (unpaired) electrons. The van der Waals surface area contributed by atoms with Crippen LogP contribution in [0.25, 0.3) is 11.1 Å². The highest BCUT2D eigenvalue weighted by molar-refractivity contribution is 7.99. The van der Waals surface area contributed by atoms with Crippen molar-refractivity contribution in [3.05, 3.63) is 70.8 Å². The zero-order valence-corrected chi connectivity index (χ0v) is 18.1. The number of aryl methyl sites for hydroxylation is 2. The molecule has 3 N–H and O–H groups in total. The van der Waals surface area contributed by atoms with Crippen LogP contribution in [-0.2, 0) is 4.79 Å². The van der Waals surface area contributed by atoms with Gasteiger partial charge in [0, 0.05) is 23.4 Å². The van der Waals surface area contributed by atoms with Gasteiger partial charge in [-0.2, -0.15) is 10.5 Å². The topological polar surface area (TPSA) is 116 Å². The standard InChI is InChI=1S/C24H21N5OS/c1-15-7-9-17(10-8-15)22-18(13-25)23(27)29-24(19(22)14-26)31-12-11-21(30)28-20-6-4-3-5-16(20)2/h3-10H,11-12H2,1-2H3,(H2,27,29)(H,28,30). The molecule has 0 atom stereocenters. The molecule has 1 heterocycles. The number of nitrogens with one attached hydrogen (secondary N) is 1. The molecular weight excluding hydrogens is 406 g/mol. The summed E-state index contributed by atoms with van der Waals surface area (Å²) in [6.07, 6.45) is 0.241. The first-order chi connectivity index (χ1) is 14.9. The second kappa shape index (κ2) is 9.80. The van der Waals surface area contributed by atoms with Gasteiger partial charge in [0.25, 0.3) is 0 Å². The number of nitrogens with zero attached hydrogens (tertiary/aromatic N) is 3. The van der Waals surface area contributed by atoms with Crippen molar-refractivity contribution in [2.45, 2.75) is 25.3 Å². The molecule has 7 heteroatoms. The molecule has 0 saturated carbocycles. The Morgan fingerprint density at radius 3 is 2.39 bits per heavy atom. The molecule has 3 rings (SSSR count). The number of para-hydroxylation sites is 1. The number of amides is 1. The van der Waals surface area contributed by atoms with Crippen LogP contribution in [0, 0.1) is 36.5 Å². The van der Waals surface area contributed by atoms with Crippen LogP contribution in [0.1, 0.15) is 28.7 Å². The lowest BCUT2D eigenvalue weighted by Gasteiger charge is -2.13. The van der Waals surface area contributed by atoms with Crippen molar-refractivity contribution in [1.82, 2.24) is 4.98 Å². The predicted molar refractivity (Wildman–Crippen MR) is 123 cm³/mol. The fraction of sp³-hybridized carbons (Fsp3) is 0.167. The number of aromatic nitrogens is 1. The highest BCUT2D eigenvalue weighted by atomic mass is 32.2. The van der Waals surface area contributed by atoms with Gasteiger partial charge in [0.05, 0.1) is 5.56 Å². The van der Waals surface area contributed by atoms with E-state index in [1.807, 2.05) is 62.4 Å². The Kier molecular flexibility index (Phi) is 6.92. The summed E-state index contributed by atoms with van der Waals surface area (Å²) in [4.78, 5) is 16.6. The number of rotatable bonds is 6. The van der Waals surface area contributed by atoms with E-state index < -0.39 is 0 Å². The van der Waals surface area contributed by atoms with E-state index in [0.717, 1.165) is 22.4 Å². The third-order valence-electron chi connectivity index (χ3n) is 4.74. The molecule has 3 aromatic rings. The summed E-state index contributed by atoms with van der Waals surface area (Å²) in [7, 11) is 0. The van der Waals surface area contributed by atoms with Crippen LogP contribution in [-0.4, -0.2) is 16.6 Å². The van der Waals surface area contributed by atoms with Gasteiger partial charge in [-0.15, -0.1) is 11.8 Å². The second-order valence-electron chi connectivity index (χ2n) is 6.98. The van der Waals surface area contributed by atoms with Crippen LogP contribution in [0.2, 0.25) is 0 Å². The molecule has 0 aliphatic rings. The molecular formula is C24H21N5OS. The average Bonchev–Trinajstić information content (AvgIpc) is 2.75. The number of hydrogen-bond donors (Lipinski definition) is 2. The van der Waals surface area contributed by atoms with E-state index in [1.165, 1.54) is 11.8 Å². The fourth-order valence-corrected chi connectivity index (χ4v) is 4.01. The van der Waals surface area contributed by atoms with Gasteiger partial charge in [0.1, 0.15) is 28.5 Å². The summed E-state index contributed by atoms with van der Waals surface area (Å²) in [6, 6.07) is 19.4. The molecule has 0 aliphatic carbocycles. The van der Waals surface area contributed by atoms with Crippen LogP contribution < -0.4 is 11.1 Å². The van der Waals surface area contributed by atoms with E-state index in [1.54, 1.807) is 0 Å². The van der Waals surface area contributed by atoms with E-state index in [2.05, 4.69) is 22.4 Å². The van der Waals surface area contributed by atoms with Crippen molar-refractivity contribution in [3.8, 4) is 23.3 Å². The van der Waals surface area contributed by atoms with Gasteiger partial charge in [-0.3, -0.25) is 4.79 Å². The molecule has 2 aromatic carbocycles. The van der Waals surface area contributed by atoms with E-state index in [-0.39, 0.29) is 23.7 Å². The molecule has 6 nitrogen and oxygen atoms in total. The SMILES string of the molecule is Cc1ccc(-c2c(C#N)c(N)nc(SCCC(=O)Nc3ccccc3C)c2C#N)cc1. The fourth-order valence-electron chi connectivity index (χ4n) is 3.08. The van der Waals surface area contributed by atoms with Gasteiger partial charge < -0.3 is 11.1 Å². The van der Waals surface area contributed by atoms with Crippen LogP contribution >= 0.6 is 11.8 Å². The first-order valence-corrected chi connectivity index (χ1v) is 10.6. The summed E-state index contributed by atoms with van der Waals surface area (Å²) in [6.45, 7) is 3.89. The van der Waals surface area contributed by atoms with E-state index in [4.69, 9.17) is 5.73 Å². The van der Waals surface area contributed by atoms with E-state index in [0.29, 0.717) is 21.9 Å². The van der Waals surface area contributed by atoms with Crippen molar-refractivity contribution in [2.75, 3.05) is 16.8 Å². The second-order valence-corrected chi connectivity index (χ2v) is 8.06. The Balaban J connectivity index is 1.82. The Morgan fingerprint density at radius 2 is 1.74 bits per heavy atom. The van der Waals surface area contributed by atoms with Crippen LogP contribution in [0.15, 0.2) is 53.6 Å². The Bertz CT molecular complexity index is 1210. The molecule has 154 valence electrons. The zero-order chi connectivity index (χ0) is 22.4. The van der Waals surface area contributed by atoms with Gasteiger partial charge >= 0.3 is 0 Å². The number of nitrogen functional groups attached to an aromatic ring is 1. The van der Waals surface area contributed by atoms with Crippen molar-refractivity contribution in [3.63, 3.8) is 0 Å². The Hall–Kier alpha value is -3.81. The Labute approximate surface area is 185 Å². The van der Waals surface area contributed by atoms with Gasteiger partial charge in [0.2, 0.25) is 5.91 Å². The van der Waals surface area contributed by atoms with Crippen LogP contribution in [0.4, 0.5) is 11.5 Å². The summed E-state index contributed by atoms with van der Waals surface area (Å²) in [5.74, 6) is 0.363. The smallest absolute Gasteiger partial charge is 0.225 e. The minimum Gasteiger partial charge on any atom is -0.383 e. The number of nitrogens with two attached hydrogens (primary N) is 1. The third-order valence-corrected chi connectivity index (χ3v) is 5.72. The van der Waals surface area contributed by atoms with Crippen molar-refractivity contribution >= 4 is 29.2 Å². The number of carbonyl (C=O) groups is 1. The lowest BCUT2D eigenvalue weighted by Crippen LogP contribution is -2.13. The normalized spacial score (nSPS) is 10.2. The van der Waals surface area contributed by atoms with Gasteiger partial charge in [-0.05, 0) is 31.0 Å². The van der Waals surface area contributed by atoms with Crippen molar-refractivity contribution in [1.29, 1.82) is 10.5 Å². The highest BCUT2D eigenvalue weighted by Crippen LogP contribution is 2.35. The van der Waals surface area contributed by atoms with Gasteiger partial charge in [-0.25, -0.2) is 4.98 Å². The van der Waals surface area contributed by atoms with Gasteiger partial charge in [-0.1, -0.05) is 48.0 Å². The lowest BCUT2D eigenvalue weighted by atomic mass is 9.96. The maximum atomic E-state index is 12.3. The Morgan fingerprint density at radius 1 is 1.06 bits per heavy atom. The molecule has 1 amide bonds. The number of nitriles is 2. The van der Waals surface area contributed by atoms with E-state index in [9.17, 15) is 15.3 Å². The monoisotopic (exact) mass is 427 g/mol. The summed E-state index contributed by atoms with van der Waals surface area (Å²) in [5.41, 5.74) is 10.5. The molecule has 31 heavy (non-hydrogen) atoms. The first-order valence-electron chi connectivity index (χ1n) is 9.63. The first kappa shape index (κ1) is 21.9. The molecule has 1 aromatic heterocycles. The number of anilines is 2. The minimum atomic E-state index is -0.124. The third kappa shape index (κ3) is 5.03.